The molecule has 0 aliphatic heterocycles. The number of hydrogen-bond donors (Lipinski definition) is 2. The molecule has 1 aliphatic rings. The van der Waals surface area contributed by atoms with E-state index < -0.39 is 10.0 Å². The summed E-state index contributed by atoms with van der Waals surface area (Å²) in [7, 11) is 0.194. The van der Waals surface area contributed by atoms with Gasteiger partial charge in [0.1, 0.15) is 5.82 Å². The highest BCUT2D eigenvalue weighted by Gasteiger charge is 2.25. The number of hydrogen-bond acceptors (Lipinski definition) is 7. The molecule has 1 amide bonds. The zero-order valence-corrected chi connectivity index (χ0v) is 22.6. The zero-order chi connectivity index (χ0) is 26.9. The van der Waals surface area contributed by atoms with Crippen LogP contribution in [0.4, 0.5) is 11.8 Å². The van der Waals surface area contributed by atoms with Crippen molar-refractivity contribution in [3.8, 4) is 0 Å². The Hall–Kier alpha value is -3.92. The molecule has 2 N–H and O–H groups in total. The minimum Gasteiger partial charge on any atom is -0.362 e. The molecule has 1 saturated carbocycles. The van der Waals surface area contributed by atoms with Crippen molar-refractivity contribution in [2.75, 3.05) is 24.3 Å². The van der Waals surface area contributed by atoms with Crippen LogP contribution in [0.5, 0.6) is 0 Å². The molecule has 198 valence electrons. The number of nitrogens with zero attached hydrogens (tertiary/aromatic N) is 4. The van der Waals surface area contributed by atoms with Gasteiger partial charge in [-0.05, 0) is 62.9 Å². The molecule has 0 unspecified atom stereocenters. The summed E-state index contributed by atoms with van der Waals surface area (Å²) in [6.07, 6.45) is 6.12. The predicted molar refractivity (Wildman–Crippen MR) is 149 cm³/mol. The van der Waals surface area contributed by atoms with E-state index in [4.69, 9.17) is 9.97 Å². The van der Waals surface area contributed by atoms with E-state index in [1.54, 1.807) is 24.3 Å². The van der Waals surface area contributed by atoms with E-state index in [0.717, 1.165) is 51.9 Å². The lowest BCUT2D eigenvalue weighted by Gasteiger charge is -2.30. The van der Waals surface area contributed by atoms with E-state index in [9.17, 15) is 13.2 Å². The molecular weight excluding hydrogens is 500 g/mol. The van der Waals surface area contributed by atoms with Gasteiger partial charge >= 0.3 is 0 Å². The van der Waals surface area contributed by atoms with Crippen LogP contribution < -0.4 is 15.5 Å². The van der Waals surface area contributed by atoms with Gasteiger partial charge in [0.05, 0.1) is 16.0 Å². The quantitative estimate of drug-likeness (QED) is 0.367. The first-order valence-corrected chi connectivity index (χ1v) is 14.2. The maximum atomic E-state index is 12.9. The topological polar surface area (TPSA) is 109 Å². The van der Waals surface area contributed by atoms with Gasteiger partial charge in [0.25, 0.3) is 15.9 Å². The summed E-state index contributed by atoms with van der Waals surface area (Å²) < 4.78 is 26.9. The molecule has 4 aromatic rings. The number of amides is 1. The molecule has 9 nitrogen and oxygen atoms in total. The van der Waals surface area contributed by atoms with Crippen LogP contribution in [0, 0.1) is 6.92 Å². The monoisotopic (exact) mass is 532 g/mol. The Kier molecular flexibility index (Phi) is 7.07. The first-order chi connectivity index (χ1) is 18.2. The normalized spacial score (nSPS) is 17.8. The van der Waals surface area contributed by atoms with Crippen molar-refractivity contribution in [3.63, 3.8) is 0 Å². The third kappa shape index (κ3) is 5.35. The molecular formula is C28H32N6O3S. The molecule has 5 rings (SSSR count). The highest BCUT2D eigenvalue weighted by Crippen LogP contribution is 2.26. The second-order valence-corrected chi connectivity index (χ2v) is 11.8. The summed E-state index contributed by atoms with van der Waals surface area (Å²) in [5.74, 6) is 1.21. The molecule has 1 aliphatic carbocycles. The lowest BCUT2D eigenvalue weighted by atomic mass is 9.91. The van der Waals surface area contributed by atoms with Crippen molar-refractivity contribution in [1.82, 2.24) is 19.3 Å². The van der Waals surface area contributed by atoms with Gasteiger partial charge in [-0.3, -0.25) is 4.79 Å². The Morgan fingerprint density at radius 2 is 1.63 bits per heavy atom. The van der Waals surface area contributed by atoms with Gasteiger partial charge in [-0.25, -0.2) is 17.4 Å². The van der Waals surface area contributed by atoms with Crippen molar-refractivity contribution in [1.29, 1.82) is 0 Å². The lowest BCUT2D eigenvalue weighted by molar-refractivity contribution is 0.0926. The molecule has 10 heteroatoms. The van der Waals surface area contributed by atoms with Crippen LogP contribution in [0.3, 0.4) is 0 Å². The van der Waals surface area contributed by atoms with Crippen molar-refractivity contribution < 1.29 is 13.2 Å². The highest BCUT2D eigenvalue weighted by atomic mass is 32.2. The van der Waals surface area contributed by atoms with E-state index in [1.807, 2.05) is 50.2 Å². The smallest absolute Gasteiger partial charge is 0.267 e. The van der Waals surface area contributed by atoms with E-state index in [2.05, 4.69) is 10.6 Å². The van der Waals surface area contributed by atoms with E-state index >= 15 is 0 Å². The largest absolute Gasteiger partial charge is 0.362 e. The molecule has 0 bridgehead atoms. The summed E-state index contributed by atoms with van der Waals surface area (Å²) in [6, 6.07) is 16.4. The van der Waals surface area contributed by atoms with Gasteiger partial charge in [0.2, 0.25) is 5.95 Å². The summed E-state index contributed by atoms with van der Waals surface area (Å²) in [6.45, 7) is 1.90. The average Bonchev–Trinajstić information content (AvgIpc) is 3.41. The van der Waals surface area contributed by atoms with Crippen molar-refractivity contribution in [3.05, 3.63) is 78.1 Å². The molecule has 0 spiro atoms. The number of rotatable bonds is 7. The molecule has 1 fully saturated rings. The average molecular weight is 533 g/mol. The fraction of sp³-hybridized carbons (Fsp3) is 0.321. The first kappa shape index (κ1) is 25.7. The SMILES string of the molecule is Cc1ccc(S(=O)(=O)n2ccc(C(=O)N[C@H]3CC[C@@H](Nc4nc(N(C)C)c5ccccc5n4)CC3)c2)cc1. The summed E-state index contributed by atoms with van der Waals surface area (Å²) >= 11 is 0. The Morgan fingerprint density at radius 1 is 0.947 bits per heavy atom. The van der Waals surface area contributed by atoms with Crippen LogP contribution in [0.15, 0.2) is 71.9 Å². The molecule has 2 aromatic heterocycles. The van der Waals surface area contributed by atoms with E-state index in [-0.39, 0.29) is 22.9 Å². The predicted octanol–water partition coefficient (Wildman–Crippen LogP) is 4.20. The fourth-order valence-electron chi connectivity index (χ4n) is 4.79. The number of nitrogens with one attached hydrogen (secondary N) is 2. The van der Waals surface area contributed by atoms with Crippen LogP contribution >= 0.6 is 0 Å². The third-order valence-electron chi connectivity index (χ3n) is 6.93. The second-order valence-electron chi connectivity index (χ2n) is 10.00. The standard InChI is InChI=1S/C28H32N6O3S/c1-19-8-14-23(15-9-19)38(36,37)34-17-16-20(18-34)27(35)29-21-10-12-22(13-11-21)30-28-31-25-7-5-4-6-24(25)26(32-28)33(2)3/h4-9,14-18,21-22H,10-13H2,1-3H3,(H,29,35)(H,30,31,32)/t21-,22+. The molecule has 0 saturated heterocycles. The number of benzene rings is 2. The number of fused-ring (bicyclic) bond motifs is 1. The molecule has 2 aromatic carbocycles. The Balaban J connectivity index is 1.19. The first-order valence-electron chi connectivity index (χ1n) is 12.7. The maximum Gasteiger partial charge on any atom is 0.267 e. The number of carbonyl (C=O) groups excluding carboxylic acids is 1. The number of aromatic nitrogens is 3. The number of para-hydroxylation sites is 1. The van der Waals surface area contributed by atoms with E-state index in [0.29, 0.717) is 11.5 Å². The molecule has 0 atom stereocenters. The van der Waals surface area contributed by atoms with E-state index in [1.165, 1.54) is 18.5 Å². The van der Waals surface area contributed by atoms with Gasteiger partial charge in [0, 0.05) is 44.0 Å². The highest BCUT2D eigenvalue weighted by molar-refractivity contribution is 7.90. The Morgan fingerprint density at radius 3 is 2.34 bits per heavy atom. The van der Waals surface area contributed by atoms with Gasteiger partial charge in [0.15, 0.2) is 0 Å². The minimum atomic E-state index is -3.75. The lowest BCUT2D eigenvalue weighted by Crippen LogP contribution is -2.40. The van der Waals surface area contributed by atoms with Gasteiger partial charge in [-0.1, -0.05) is 29.8 Å². The zero-order valence-electron chi connectivity index (χ0n) is 21.8. The second kappa shape index (κ2) is 10.4. The summed E-state index contributed by atoms with van der Waals surface area (Å²) in [5.41, 5.74) is 2.19. The Labute approximate surface area is 223 Å². The Bertz CT molecular complexity index is 1560. The fourth-order valence-corrected chi connectivity index (χ4v) is 5.99. The van der Waals surface area contributed by atoms with Gasteiger partial charge in [-0.2, -0.15) is 4.98 Å². The third-order valence-corrected chi connectivity index (χ3v) is 8.58. The van der Waals surface area contributed by atoms with Crippen LogP contribution in [0.2, 0.25) is 0 Å². The number of carbonyl (C=O) groups is 1. The van der Waals surface area contributed by atoms with Crippen molar-refractivity contribution >= 4 is 38.6 Å². The molecule has 2 heterocycles. The summed E-state index contributed by atoms with van der Waals surface area (Å²) in [4.78, 5) is 24.5. The maximum absolute atomic E-state index is 12.9. The van der Waals surface area contributed by atoms with Crippen molar-refractivity contribution in [2.24, 2.45) is 0 Å². The van der Waals surface area contributed by atoms with Gasteiger partial charge in [-0.15, -0.1) is 0 Å². The van der Waals surface area contributed by atoms with Gasteiger partial charge < -0.3 is 15.5 Å². The number of anilines is 2. The van der Waals surface area contributed by atoms with Crippen LogP contribution in [0.1, 0.15) is 41.6 Å². The van der Waals surface area contributed by atoms with Crippen LogP contribution in [0.25, 0.3) is 10.9 Å². The van der Waals surface area contributed by atoms with Crippen LogP contribution in [-0.2, 0) is 10.0 Å². The van der Waals surface area contributed by atoms with Crippen molar-refractivity contribution in [2.45, 2.75) is 49.6 Å². The van der Waals surface area contributed by atoms with Crippen LogP contribution in [-0.4, -0.2) is 54.4 Å². The minimum absolute atomic E-state index is 0.0208. The molecule has 0 radical (unpaired) electrons. The molecule has 38 heavy (non-hydrogen) atoms. The number of aryl methyl sites for hydroxylation is 1. The summed E-state index contributed by atoms with van der Waals surface area (Å²) in [5, 5.41) is 7.56.